The van der Waals surface area contributed by atoms with Crippen LogP contribution < -0.4 is 0 Å². The summed E-state index contributed by atoms with van der Waals surface area (Å²) in [5.74, 6) is 0. The van der Waals surface area contributed by atoms with E-state index in [0.29, 0.717) is 6.54 Å². The highest BCUT2D eigenvalue weighted by Gasteiger charge is 2.25. The fourth-order valence-corrected chi connectivity index (χ4v) is 1.17. The number of carbonyl (C=O) groups is 1. The molecular formula is C9H14N2O. The smallest absolute Gasteiger partial charge is 0.322 e. The highest BCUT2D eigenvalue weighted by Crippen LogP contribution is 2.14. The van der Waals surface area contributed by atoms with Gasteiger partial charge in [0.15, 0.2) is 0 Å². The molecule has 0 aromatic rings. The van der Waals surface area contributed by atoms with Gasteiger partial charge in [-0.2, -0.15) is 0 Å². The average molecular weight is 166 g/mol. The van der Waals surface area contributed by atoms with Crippen LogP contribution in [0.3, 0.4) is 0 Å². The minimum absolute atomic E-state index is 0.0609. The van der Waals surface area contributed by atoms with Crippen molar-refractivity contribution in [3.8, 4) is 0 Å². The van der Waals surface area contributed by atoms with Crippen LogP contribution in [0.4, 0.5) is 4.79 Å². The van der Waals surface area contributed by atoms with Crippen LogP contribution in [0.2, 0.25) is 0 Å². The normalized spacial score (nSPS) is 21.9. The Morgan fingerprint density at radius 2 is 2.08 bits per heavy atom. The monoisotopic (exact) mass is 166 g/mol. The van der Waals surface area contributed by atoms with Crippen molar-refractivity contribution >= 4 is 6.03 Å². The molecule has 0 N–H and O–H groups in total. The van der Waals surface area contributed by atoms with Crippen LogP contribution in [0, 0.1) is 0 Å². The second kappa shape index (κ2) is 3.43. The summed E-state index contributed by atoms with van der Waals surface area (Å²) in [5, 5.41) is 0. The fraction of sp³-hybridized carbons (Fsp3) is 0.444. The molecule has 0 spiro atoms. The Kier molecular flexibility index (Phi) is 2.53. The minimum Gasteiger partial charge on any atom is -0.322 e. The van der Waals surface area contributed by atoms with E-state index in [4.69, 9.17) is 0 Å². The Morgan fingerprint density at radius 1 is 1.42 bits per heavy atom. The number of likely N-dealkylation sites (N-methyl/N-ethyl adjacent to an activating group) is 2. The van der Waals surface area contributed by atoms with Gasteiger partial charge in [0, 0.05) is 19.8 Å². The van der Waals surface area contributed by atoms with Gasteiger partial charge in [-0.25, -0.2) is 4.79 Å². The highest BCUT2D eigenvalue weighted by atomic mass is 16.2. The summed E-state index contributed by atoms with van der Waals surface area (Å²) in [5.41, 5.74) is 1.04. The molecular weight excluding hydrogens is 152 g/mol. The Hall–Kier alpha value is -1.25. The summed E-state index contributed by atoms with van der Waals surface area (Å²) in [6.45, 7) is 2.66. The Morgan fingerprint density at radius 3 is 2.50 bits per heavy atom. The maximum Gasteiger partial charge on any atom is 0.324 e. The zero-order valence-corrected chi connectivity index (χ0v) is 7.74. The first-order valence-electron chi connectivity index (χ1n) is 3.97. The predicted octanol–water partition coefficient (Wildman–Crippen LogP) is 1.44. The first-order chi connectivity index (χ1) is 5.66. The van der Waals surface area contributed by atoms with Crippen LogP contribution in [-0.4, -0.2) is 36.5 Å². The van der Waals surface area contributed by atoms with Crippen molar-refractivity contribution in [2.75, 3.05) is 20.6 Å². The van der Waals surface area contributed by atoms with Gasteiger partial charge in [0.05, 0.1) is 6.54 Å². The number of hydrogen-bond donors (Lipinski definition) is 0. The van der Waals surface area contributed by atoms with E-state index in [2.05, 4.69) is 0 Å². The summed E-state index contributed by atoms with van der Waals surface area (Å²) in [6, 6.07) is 0.0609. The Bertz CT molecular complexity index is 243. The minimum atomic E-state index is 0.0609. The summed E-state index contributed by atoms with van der Waals surface area (Å²) < 4.78 is 0. The first kappa shape index (κ1) is 8.84. The van der Waals surface area contributed by atoms with E-state index < -0.39 is 0 Å². The molecule has 3 nitrogen and oxygen atoms in total. The molecule has 3 heteroatoms. The molecule has 1 aliphatic rings. The van der Waals surface area contributed by atoms with Crippen LogP contribution >= 0.6 is 0 Å². The van der Waals surface area contributed by atoms with Crippen LogP contribution in [0.5, 0.6) is 0 Å². The third-order valence-electron chi connectivity index (χ3n) is 1.92. The number of allylic oxidation sites excluding steroid dienone is 3. The van der Waals surface area contributed by atoms with E-state index in [-0.39, 0.29) is 6.03 Å². The second-order valence-electron chi connectivity index (χ2n) is 2.88. The molecule has 1 saturated heterocycles. The summed E-state index contributed by atoms with van der Waals surface area (Å²) in [7, 11) is 3.59. The van der Waals surface area contributed by atoms with Crippen molar-refractivity contribution in [2.24, 2.45) is 0 Å². The Balaban J connectivity index is 2.77. The van der Waals surface area contributed by atoms with Gasteiger partial charge in [0.2, 0.25) is 0 Å². The fourth-order valence-electron chi connectivity index (χ4n) is 1.17. The molecule has 0 aromatic heterocycles. The van der Waals surface area contributed by atoms with Gasteiger partial charge in [0.25, 0.3) is 0 Å². The topological polar surface area (TPSA) is 23.6 Å². The van der Waals surface area contributed by atoms with Crippen molar-refractivity contribution in [1.29, 1.82) is 0 Å². The van der Waals surface area contributed by atoms with Crippen molar-refractivity contribution < 1.29 is 4.79 Å². The van der Waals surface area contributed by atoms with E-state index in [9.17, 15) is 4.79 Å². The molecule has 0 aromatic carbocycles. The SMILES string of the molecule is C/C=C\C=C1/CN(C)C(=O)N1C. The zero-order valence-electron chi connectivity index (χ0n) is 7.74. The molecule has 0 atom stereocenters. The highest BCUT2D eigenvalue weighted by molar-refractivity contribution is 5.79. The van der Waals surface area contributed by atoms with Gasteiger partial charge in [-0.15, -0.1) is 0 Å². The van der Waals surface area contributed by atoms with Crippen molar-refractivity contribution in [3.05, 3.63) is 23.9 Å². The van der Waals surface area contributed by atoms with Crippen LogP contribution in [0.15, 0.2) is 23.9 Å². The van der Waals surface area contributed by atoms with Crippen LogP contribution in [0.25, 0.3) is 0 Å². The van der Waals surface area contributed by atoms with E-state index in [1.807, 2.05) is 25.2 Å². The molecule has 0 radical (unpaired) electrons. The lowest BCUT2D eigenvalue weighted by molar-refractivity contribution is 0.207. The van der Waals surface area contributed by atoms with Gasteiger partial charge in [0.1, 0.15) is 0 Å². The van der Waals surface area contributed by atoms with E-state index in [1.54, 1.807) is 23.9 Å². The molecule has 66 valence electrons. The number of hydrogen-bond acceptors (Lipinski definition) is 1. The van der Waals surface area contributed by atoms with E-state index >= 15 is 0 Å². The summed E-state index contributed by atoms with van der Waals surface area (Å²) in [6.07, 6.45) is 5.85. The maximum atomic E-state index is 11.3. The van der Waals surface area contributed by atoms with Crippen molar-refractivity contribution in [1.82, 2.24) is 9.80 Å². The first-order valence-corrected chi connectivity index (χ1v) is 3.97. The molecule has 1 heterocycles. The average Bonchev–Trinajstić information content (AvgIpc) is 2.30. The largest absolute Gasteiger partial charge is 0.324 e. The predicted molar refractivity (Wildman–Crippen MR) is 48.7 cm³/mol. The summed E-state index contributed by atoms with van der Waals surface area (Å²) in [4.78, 5) is 14.6. The van der Waals surface area contributed by atoms with Gasteiger partial charge in [-0.3, -0.25) is 4.90 Å². The van der Waals surface area contributed by atoms with Gasteiger partial charge in [-0.05, 0) is 13.0 Å². The molecule has 0 unspecified atom stereocenters. The van der Waals surface area contributed by atoms with Gasteiger partial charge in [-0.1, -0.05) is 12.2 Å². The molecule has 0 saturated carbocycles. The molecule has 1 fully saturated rings. The molecule has 0 bridgehead atoms. The van der Waals surface area contributed by atoms with Crippen LogP contribution in [0.1, 0.15) is 6.92 Å². The second-order valence-corrected chi connectivity index (χ2v) is 2.88. The number of rotatable bonds is 1. The lowest BCUT2D eigenvalue weighted by atomic mass is 10.3. The lowest BCUT2D eigenvalue weighted by Gasteiger charge is -2.08. The van der Waals surface area contributed by atoms with Gasteiger partial charge < -0.3 is 4.90 Å². The Labute approximate surface area is 73.0 Å². The molecule has 0 aliphatic carbocycles. The number of amides is 2. The standard InChI is InChI=1S/C9H14N2O/c1-4-5-6-8-7-10(2)9(12)11(8)3/h4-6H,7H2,1-3H3/b5-4-,8-6+. The lowest BCUT2D eigenvalue weighted by Crippen LogP contribution is -2.25. The number of nitrogens with zero attached hydrogens (tertiary/aromatic N) is 2. The molecule has 12 heavy (non-hydrogen) atoms. The number of urea groups is 1. The molecule has 2 amide bonds. The van der Waals surface area contributed by atoms with Crippen LogP contribution in [-0.2, 0) is 0 Å². The zero-order chi connectivity index (χ0) is 9.14. The quantitative estimate of drug-likeness (QED) is 0.578. The molecule has 1 rings (SSSR count). The van der Waals surface area contributed by atoms with E-state index in [0.717, 1.165) is 5.70 Å². The number of carbonyl (C=O) groups excluding carboxylic acids is 1. The maximum absolute atomic E-state index is 11.3. The van der Waals surface area contributed by atoms with E-state index in [1.165, 1.54) is 0 Å². The third-order valence-corrected chi connectivity index (χ3v) is 1.92. The third kappa shape index (κ3) is 1.49. The van der Waals surface area contributed by atoms with Crippen molar-refractivity contribution in [3.63, 3.8) is 0 Å². The van der Waals surface area contributed by atoms with Gasteiger partial charge >= 0.3 is 6.03 Å². The molecule has 1 aliphatic heterocycles. The summed E-state index contributed by atoms with van der Waals surface area (Å²) >= 11 is 0. The van der Waals surface area contributed by atoms with Crippen molar-refractivity contribution in [2.45, 2.75) is 6.92 Å².